The number of benzene rings is 5. The third-order valence-corrected chi connectivity index (χ3v) is 9.75. The zero-order valence-corrected chi connectivity index (χ0v) is 27.3. The summed E-state index contributed by atoms with van der Waals surface area (Å²) in [4.78, 5) is 1.28. The van der Waals surface area contributed by atoms with Gasteiger partial charge < -0.3 is 23.9 Å². The van der Waals surface area contributed by atoms with Crippen molar-refractivity contribution in [2.45, 2.75) is 47.2 Å². The molecular weight excluding hydrogens is 621 g/mol. The second-order valence-corrected chi connectivity index (χ2v) is 13.2. The molecule has 46 heavy (non-hydrogen) atoms. The van der Waals surface area contributed by atoms with Crippen molar-refractivity contribution in [1.82, 2.24) is 0 Å². The number of phenolic OH excluding ortho intramolecular Hbond substituents is 1. The van der Waals surface area contributed by atoms with Gasteiger partial charge in [-0.2, -0.15) is 8.42 Å². The number of hydrogen-bond acceptors (Lipinski definition) is 8. The van der Waals surface area contributed by atoms with E-state index in [-0.39, 0.29) is 16.4 Å². The highest BCUT2D eigenvalue weighted by atomic mass is 32.2. The van der Waals surface area contributed by atoms with Crippen molar-refractivity contribution in [3.63, 3.8) is 0 Å². The fourth-order valence-electron chi connectivity index (χ4n) is 4.91. The van der Waals surface area contributed by atoms with Gasteiger partial charge in [-0.15, -0.1) is 0 Å². The zero-order valence-electron chi connectivity index (χ0n) is 25.6. The molecule has 7 nitrogen and oxygen atoms in total. The maximum absolute atomic E-state index is 13.8. The molecule has 0 aromatic heterocycles. The number of aromatic hydroxyl groups is 1. The van der Waals surface area contributed by atoms with Crippen LogP contribution in [-0.2, 0) is 21.5 Å². The second kappa shape index (κ2) is 15.3. The first-order valence-electron chi connectivity index (χ1n) is 14.9. The lowest BCUT2D eigenvalue weighted by atomic mass is 9.92. The van der Waals surface area contributed by atoms with Gasteiger partial charge in [-0.25, -0.2) is 0 Å². The van der Waals surface area contributed by atoms with Crippen molar-refractivity contribution in [1.29, 1.82) is 0 Å². The molecule has 0 heterocycles. The first-order valence-corrected chi connectivity index (χ1v) is 17.1. The molecule has 0 saturated carbocycles. The molecule has 5 aromatic rings. The quantitative estimate of drug-likeness (QED) is 0.0908. The summed E-state index contributed by atoms with van der Waals surface area (Å²) in [6.07, 6.45) is 0.813. The summed E-state index contributed by atoms with van der Waals surface area (Å²) in [5.41, 5.74) is 2.77. The molecule has 5 aromatic carbocycles. The van der Waals surface area contributed by atoms with E-state index in [0.29, 0.717) is 40.4 Å². The minimum absolute atomic E-state index is 0.0173. The van der Waals surface area contributed by atoms with E-state index in [2.05, 4.69) is 6.92 Å². The molecule has 0 bridgehead atoms. The molecule has 0 fully saturated rings. The maximum Gasteiger partial charge on any atom is 0.340 e. The van der Waals surface area contributed by atoms with Gasteiger partial charge in [0, 0.05) is 22.5 Å². The van der Waals surface area contributed by atoms with Crippen LogP contribution in [0.1, 0.15) is 42.6 Å². The summed E-state index contributed by atoms with van der Waals surface area (Å²) in [5.74, 6) is 0.886. The molecule has 0 amide bonds. The molecule has 0 aliphatic carbocycles. The number of phenols is 1. The summed E-state index contributed by atoms with van der Waals surface area (Å²) in [5, 5.41) is 22.1. The van der Waals surface area contributed by atoms with Gasteiger partial charge >= 0.3 is 10.1 Å². The van der Waals surface area contributed by atoms with Crippen LogP contribution in [0, 0.1) is 0 Å². The first-order chi connectivity index (χ1) is 22.3. The summed E-state index contributed by atoms with van der Waals surface area (Å²) in [7, 11) is -2.71. The molecular formula is C37H36O7S2. The Bertz CT molecular complexity index is 1860. The van der Waals surface area contributed by atoms with Crippen LogP contribution in [0.4, 0.5) is 0 Å². The number of aliphatic hydroxyl groups excluding tert-OH is 1. The topological polar surface area (TPSA) is 102 Å². The summed E-state index contributed by atoms with van der Waals surface area (Å²) in [6.45, 7) is 3.06. The number of hydrogen-bond donors (Lipinski definition) is 2. The van der Waals surface area contributed by atoms with Crippen LogP contribution in [-0.4, -0.2) is 32.3 Å². The third-order valence-electron chi connectivity index (χ3n) is 7.24. The highest BCUT2D eigenvalue weighted by Gasteiger charge is 2.25. The van der Waals surface area contributed by atoms with Crippen molar-refractivity contribution >= 4 is 21.9 Å². The van der Waals surface area contributed by atoms with Crippen LogP contribution >= 0.6 is 11.8 Å². The van der Waals surface area contributed by atoms with Crippen LogP contribution in [0.5, 0.6) is 17.2 Å². The average Bonchev–Trinajstić information content (AvgIpc) is 3.07. The Morgan fingerprint density at radius 3 is 2.28 bits per heavy atom. The summed E-state index contributed by atoms with van der Waals surface area (Å²) < 4.78 is 44.2. The molecule has 0 radical (unpaired) electrons. The van der Waals surface area contributed by atoms with E-state index in [1.807, 2.05) is 42.5 Å². The number of para-hydroxylation sites is 1. The Kier molecular flexibility index (Phi) is 11.0. The molecule has 0 aliphatic heterocycles. The number of methoxy groups -OCH3 is 1. The molecule has 9 heteroatoms. The van der Waals surface area contributed by atoms with Gasteiger partial charge in [-0.3, -0.25) is 0 Å². The molecule has 1 unspecified atom stereocenters. The van der Waals surface area contributed by atoms with Crippen LogP contribution in [0.3, 0.4) is 0 Å². The van der Waals surface area contributed by atoms with Crippen molar-refractivity contribution in [2.75, 3.05) is 13.7 Å². The molecule has 0 aliphatic rings. The number of unbranched alkanes of at least 4 members (excludes halogenated alkanes) is 1. The highest BCUT2D eigenvalue weighted by molar-refractivity contribution is 8.00. The third kappa shape index (κ3) is 8.10. The van der Waals surface area contributed by atoms with E-state index in [1.54, 1.807) is 73.8 Å². The fraction of sp³-hybridized carbons (Fsp3) is 0.189. The zero-order chi connectivity index (χ0) is 32.5. The van der Waals surface area contributed by atoms with Crippen LogP contribution in [0.2, 0.25) is 0 Å². The van der Waals surface area contributed by atoms with Crippen LogP contribution in [0.25, 0.3) is 11.1 Å². The molecule has 0 spiro atoms. The predicted octanol–water partition coefficient (Wildman–Crippen LogP) is 8.39. The van der Waals surface area contributed by atoms with Crippen LogP contribution < -0.4 is 8.92 Å². The molecule has 238 valence electrons. The fourth-order valence-corrected chi connectivity index (χ4v) is 7.21. The minimum Gasteiger partial charge on any atom is -0.508 e. The van der Waals surface area contributed by atoms with E-state index in [9.17, 15) is 18.6 Å². The minimum atomic E-state index is -4.28. The lowest BCUT2D eigenvalue weighted by Gasteiger charge is -2.19. The highest BCUT2D eigenvalue weighted by Crippen LogP contribution is 2.40. The largest absolute Gasteiger partial charge is 0.508 e. The van der Waals surface area contributed by atoms with Gasteiger partial charge in [0.1, 0.15) is 28.2 Å². The monoisotopic (exact) mass is 656 g/mol. The smallest absolute Gasteiger partial charge is 0.340 e. The lowest BCUT2D eigenvalue weighted by molar-refractivity contribution is 0.183. The van der Waals surface area contributed by atoms with E-state index in [4.69, 9.17) is 13.7 Å². The molecule has 1 atom stereocenters. The van der Waals surface area contributed by atoms with Crippen molar-refractivity contribution in [3.8, 4) is 28.4 Å². The van der Waals surface area contributed by atoms with Gasteiger partial charge in [0.2, 0.25) is 0 Å². The number of ether oxygens (including phenoxy) is 2. The number of aliphatic hydroxyl groups is 1. The average molecular weight is 657 g/mol. The first kappa shape index (κ1) is 33.1. The van der Waals surface area contributed by atoms with Crippen molar-refractivity contribution in [2.24, 2.45) is 0 Å². The van der Waals surface area contributed by atoms with Gasteiger partial charge in [-0.05, 0) is 89.3 Å². The van der Waals surface area contributed by atoms with E-state index >= 15 is 0 Å². The Balaban J connectivity index is 1.54. The van der Waals surface area contributed by atoms with E-state index in [1.165, 1.54) is 17.8 Å². The Morgan fingerprint density at radius 1 is 0.804 bits per heavy atom. The standard InChI is InChI=1S/C37H36O7S2/c1-3-4-22-43-28-16-18-30(19-17-28)45-35-21-15-27(24-36(35)46(40,41)44-29-10-6-5-7-11-29)31-12-8-9-13-32(31)37(39)33-23-26(25-42-2)14-20-34(33)38/h5-21,23-24,37-39H,3-4,22,25H2,1-2H3. The van der Waals surface area contributed by atoms with Gasteiger partial charge in [0.25, 0.3) is 0 Å². The van der Waals surface area contributed by atoms with Crippen molar-refractivity contribution in [3.05, 3.63) is 132 Å². The molecule has 0 saturated heterocycles. The van der Waals surface area contributed by atoms with E-state index in [0.717, 1.165) is 29.1 Å². The van der Waals surface area contributed by atoms with Crippen LogP contribution in [0.15, 0.2) is 130 Å². The van der Waals surface area contributed by atoms with Gasteiger partial charge in [0.15, 0.2) is 0 Å². The summed E-state index contributed by atoms with van der Waals surface area (Å²) in [6, 6.07) is 33.1. The second-order valence-electron chi connectivity index (χ2n) is 10.6. The van der Waals surface area contributed by atoms with Gasteiger partial charge in [0.05, 0.1) is 13.2 Å². The maximum atomic E-state index is 13.8. The van der Waals surface area contributed by atoms with Gasteiger partial charge in [-0.1, -0.05) is 79.7 Å². The Labute approximate surface area is 274 Å². The normalized spacial score (nSPS) is 12.1. The number of rotatable bonds is 14. The van der Waals surface area contributed by atoms with Crippen molar-refractivity contribution < 1.29 is 32.3 Å². The predicted molar refractivity (Wildman–Crippen MR) is 180 cm³/mol. The SMILES string of the molecule is CCCCOc1ccc(Sc2ccc(-c3ccccc3C(O)c3cc(COC)ccc3O)cc2S(=O)(=O)Oc2ccccc2)cc1. The lowest BCUT2D eigenvalue weighted by Crippen LogP contribution is -2.11. The molecule has 2 N–H and O–H groups in total. The summed E-state index contributed by atoms with van der Waals surface area (Å²) >= 11 is 1.30. The molecule has 5 rings (SSSR count). The van der Waals surface area contributed by atoms with E-state index < -0.39 is 16.2 Å². The Hall–Kier alpha value is -4.28. The Morgan fingerprint density at radius 2 is 1.54 bits per heavy atom.